The van der Waals surface area contributed by atoms with E-state index in [-0.39, 0.29) is 0 Å². The van der Waals surface area contributed by atoms with Crippen LogP contribution in [0.1, 0.15) is 0 Å². The third kappa shape index (κ3) is 5.27. The molecule has 0 atom stereocenters. The maximum Gasteiger partial charge on any atom is 0.143 e. The maximum atomic E-state index is 6.79. The Labute approximate surface area is 356 Å². The molecule has 0 radical (unpaired) electrons. The Morgan fingerprint density at radius 2 is 1.03 bits per heavy atom. The lowest BCUT2D eigenvalue weighted by Crippen LogP contribution is -2.11. The Hall–Kier alpha value is -8.34. The number of para-hydroxylation sites is 4. The van der Waals surface area contributed by atoms with Gasteiger partial charge in [-0.15, -0.1) is 0 Å². The molecule has 290 valence electrons. The SMILES string of the molecule is c1ccc(-n2c3ccccc3c3cc(-c4cccc(N(c5ccccc5-c5ccc6oc7ccccc7c6c5)c5cccc6oc7c8ccccc8ccc7c56)c4)ccc32)cc1. The molecule has 3 heterocycles. The Morgan fingerprint density at radius 3 is 1.97 bits per heavy atom. The van der Waals surface area contributed by atoms with Gasteiger partial charge >= 0.3 is 0 Å². The van der Waals surface area contributed by atoms with E-state index in [4.69, 9.17) is 8.83 Å². The minimum absolute atomic E-state index is 0.846. The summed E-state index contributed by atoms with van der Waals surface area (Å²) in [5.41, 5.74) is 14.7. The molecule has 0 bridgehead atoms. The predicted molar refractivity (Wildman–Crippen MR) is 258 cm³/mol. The fourth-order valence-electron chi connectivity index (χ4n) is 9.77. The zero-order valence-corrected chi connectivity index (χ0v) is 33.5. The van der Waals surface area contributed by atoms with Gasteiger partial charge < -0.3 is 18.3 Å². The third-order valence-electron chi connectivity index (χ3n) is 12.6. The molecule has 0 saturated heterocycles. The van der Waals surface area contributed by atoms with Crippen LogP contribution in [-0.4, -0.2) is 4.57 Å². The molecule has 3 aromatic heterocycles. The highest BCUT2D eigenvalue weighted by Gasteiger charge is 2.24. The Morgan fingerprint density at radius 1 is 0.355 bits per heavy atom. The summed E-state index contributed by atoms with van der Waals surface area (Å²) < 4.78 is 15.4. The minimum Gasteiger partial charge on any atom is -0.456 e. The van der Waals surface area contributed by atoms with E-state index < -0.39 is 0 Å². The van der Waals surface area contributed by atoms with Crippen molar-refractivity contribution in [3.63, 3.8) is 0 Å². The molecule has 0 aliphatic carbocycles. The van der Waals surface area contributed by atoms with E-state index in [1.165, 1.54) is 21.8 Å². The van der Waals surface area contributed by atoms with Gasteiger partial charge in [0.2, 0.25) is 0 Å². The zero-order valence-electron chi connectivity index (χ0n) is 33.5. The molecule has 0 aliphatic rings. The summed E-state index contributed by atoms with van der Waals surface area (Å²) >= 11 is 0. The lowest BCUT2D eigenvalue weighted by molar-refractivity contribution is 0.669. The van der Waals surface area contributed by atoms with Crippen molar-refractivity contribution in [2.75, 3.05) is 4.90 Å². The van der Waals surface area contributed by atoms with Crippen molar-refractivity contribution in [1.82, 2.24) is 4.57 Å². The first-order chi connectivity index (χ1) is 30.7. The number of benzene rings is 10. The molecule has 0 aliphatic heterocycles. The van der Waals surface area contributed by atoms with Gasteiger partial charge in [-0.2, -0.15) is 0 Å². The van der Waals surface area contributed by atoms with Crippen LogP contribution in [0.3, 0.4) is 0 Å². The standard InChI is InChI=1S/C58H36N2O2/c1-2-16-41(17-3-1)59-51-24-10-7-21-45(51)48-35-39(29-32-52(48)59)38-15-12-18-42(34-38)60(53-25-13-27-56-57(53)47-31-28-37-14-4-5-20-44(37)58(47)62-56)50-23-9-6-19-43(50)40-30-33-55-49(36-40)46-22-8-11-26-54(46)61-55/h1-36H. The third-order valence-corrected chi connectivity index (χ3v) is 12.6. The highest BCUT2D eigenvalue weighted by atomic mass is 16.3. The monoisotopic (exact) mass is 792 g/mol. The largest absolute Gasteiger partial charge is 0.456 e. The number of anilines is 3. The molecular formula is C58H36N2O2. The molecule has 62 heavy (non-hydrogen) atoms. The summed E-state index contributed by atoms with van der Waals surface area (Å²) in [6, 6.07) is 78.1. The second kappa shape index (κ2) is 13.6. The Kier molecular flexibility index (Phi) is 7.57. The molecule has 0 unspecified atom stereocenters. The van der Waals surface area contributed by atoms with Crippen LogP contribution in [-0.2, 0) is 0 Å². The predicted octanol–water partition coefficient (Wildman–Crippen LogP) is 16.5. The molecule has 0 N–H and O–H groups in total. The van der Waals surface area contributed by atoms with Crippen LogP contribution >= 0.6 is 0 Å². The zero-order chi connectivity index (χ0) is 40.7. The molecule has 0 fully saturated rings. The highest BCUT2D eigenvalue weighted by molar-refractivity contribution is 6.20. The average molecular weight is 793 g/mol. The molecular weight excluding hydrogens is 757 g/mol. The van der Waals surface area contributed by atoms with E-state index in [0.717, 1.165) is 99.7 Å². The lowest BCUT2D eigenvalue weighted by Gasteiger charge is -2.29. The van der Waals surface area contributed by atoms with E-state index >= 15 is 0 Å². The molecule has 13 aromatic rings. The minimum atomic E-state index is 0.846. The summed E-state index contributed by atoms with van der Waals surface area (Å²) in [5, 5.41) is 9.07. The van der Waals surface area contributed by atoms with Gasteiger partial charge in [0.05, 0.1) is 27.8 Å². The highest BCUT2D eigenvalue weighted by Crippen LogP contribution is 2.48. The number of furan rings is 2. The maximum absolute atomic E-state index is 6.79. The average Bonchev–Trinajstić information content (AvgIpc) is 4.02. The van der Waals surface area contributed by atoms with Crippen LogP contribution in [0, 0.1) is 0 Å². The fourth-order valence-corrected chi connectivity index (χ4v) is 9.77. The number of aromatic nitrogens is 1. The van der Waals surface area contributed by atoms with Crippen molar-refractivity contribution >= 4 is 93.5 Å². The van der Waals surface area contributed by atoms with E-state index in [2.05, 4.69) is 216 Å². The number of hydrogen-bond acceptors (Lipinski definition) is 3. The van der Waals surface area contributed by atoms with Gasteiger partial charge in [0.25, 0.3) is 0 Å². The molecule has 0 spiro atoms. The van der Waals surface area contributed by atoms with Gasteiger partial charge in [-0.05, 0) is 107 Å². The van der Waals surface area contributed by atoms with Gasteiger partial charge in [-0.1, -0.05) is 133 Å². The molecule has 10 aromatic carbocycles. The van der Waals surface area contributed by atoms with E-state index in [1.54, 1.807) is 0 Å². The Balaban J connectivity index is 1.04. The van der Waals surface area contributed by atoms with E-state index in [1.807, 2.05) is 12.1 Å². The quantitative estimate of drug-likeness (QED) is 0.168. The van der Waals surface area contributed by atoms with Crippen LogP contribution in [0.25, 0.3) is 104 Å². The van der Waals surface area contributed by atoms with Crippen LogP contribution < -0.4 is 4.90 Å². The van der Waals surface area contributed by atoms with Gasteiger partial charge in [0.15, 0.2) is 0 Å². The lowest BCUT2D eigenvalue weighted by atomic mass is 9.98. The van der Waals surface area contributed by atoms with Gasteiger partial charge in [0.1, 0.15) is 22.3 Å². The van der Waals surface area contributed by atoms with E-state index in [0.29, 0.717) is 0 Å². The van der Waals surface area contributed by atoms with Crippen LogP contribution in [0.5, 0.6) is 0 Å². The number of nitrogens with zero attached hydrogens (tertiary/aromatic N) is 2. The van der Waals surface area contributed by atoms with Gasteiger partial charge in [-0.3, -0.25) is 0 Å². The molecule has 0 amide bonds. The number of fused-ring (bicyclic) bond motifs is 11. The molecule has 13 rings (SSSR count). The van der Waals surface area contributed by atoms with Gasteiger partial charge in [-0.25, -0.2) is 0 Å². The molecule has 0 saturated carbocycles. The smallest absolute Gasteiger partial charge is 0.143 e. The summed E-state index contributed by atoms with van der Waals surface area (Å²) in [4.78, 5) is 2.42. The number of rotatable bonds is 6. The van der Waals surface area contributed by atoms with Crippen molar-refractivity contribution < 1.29 is 8.83 Å². The van der Waals surface area contributed by atoms with E-state index in [9.17, 15) is 0 Å². The first-order valence-corrected chi connectivity index (χ1v) is 21.1. The fraction of sp³-hybridized carbons (Fsp3) is 0. The normalized spacial score (nSPS) is 11.9. The van der Waals surface area contributed by atoms with Crippen molar-refractivity contribution in [1.29, 1.82) is 0 Å². The molecule has 4 heteroatoms. The van der Waals surface area contributed by atoms with Crippen molar-refractivity contribution in [2.45, 2.75) is 0 Å². The summed E-state index contributed by atoms with van der Waals surface area (Å²) in [5.74, 6) is 0. The van der Waals surface area contributed by atoms with Crippen molar-refractivity contribution in [2.24, 2.45) is 0 Å². The molecule has 4 nitrogen and oxygen atoms in total. The topological polar surface area (TPSA) is 34.5 Å². The second-order valence-corrected chi connectivity index (χ2v) is 16.0. The van der Waals surface area contributed by atoms with Crippen LogP contribution in [0.15, 0.2) is 227 Å². The van der Waals surface area contributed by atoms with Crippen molar-refractivity contribution in [3.05, 3.63) is 218 Å². The summed E-state index contributed by atoms with van der Waals surface area (Å²) in [7, 11) is 0. The first-order valence-electron chi connectivity index (χ1n) is 21.1. The van der Waals surface area contributed by atoms with Crippen molar-refractivity contribution in [3.8, 4) is 27.9 Å². The summed E-state index contributed by atoms with van der Waals surface area (Å²) in [6.07, 6.45) is 0. The Bertz CT molecular complexity index is 3890. The summed E-state index contributed by atoms with van der Waals surface area (Å²) in [6.45, 7) is 0. The second-order valence-electron chi connectivity index (χ2n) is 16.0. The number of hydrogen-bond donors (Lipinski definition) is 0. The van der Waals surface area contributed by atoms with Crippen LogP contribution in [0.4, 0.5) is 17.1 Å². The van der Waals surface area contributed by atoms with Crippen LogP contribution in [0.2, 0.25) is 0 Å². The van der Waals surface area contributed by atoms with Gasteiger partial charge in [0, 0.05) is 49.3 Å². The first kappa shape index (κ1) is 34.5.